The van der Waals surface area contributed by atoms with E-state index in [-0.39, 0.29) is 4.90 Å². The van der Waals surface area contributed by atoms with Crippen LogP contribution in [0, 0.1) is 0 Å². The average molecular weight is 281 g/mol. The summed E-state index contributed by atoms with van der Waals surface area (Å²) in [7, 11) is -3.66. The average Bonchev–Trinajstić information content (AvgIpc) is 2.66. The lowest BCUT2D eigenvalue weighted by molar-refractivity contribution is 0.330. The van der Waals surface area contributed by atoms with Crippen molar-refractivity contribution >= 4 is 16.1 Å². The third kappa shape index (κ3) is 3.07. The highest BCUT2D eigenvalue weighted by atomic mass is 32.2. The predicted molar refractivity (Wildman–Crippen MR) is 68.5 cm³/mol. The molecule has 1 aliphatic rings. The third-order valence-corrected chi connectivity index (χ3v) is 5.00. The molecule has 0 aliphatic carbocycles. The van der Waals surface area contributed by atoms with Crippen LogP contribution in [0.25, 0.3) is 0 Å². The molecule has 7 heteroatoms. The van der Waals surface area contributed by atoms with E-state index in [9.17, 15) is 13.2 Å². The molecule has 19 heavy (non-hydrogen) atoms. The molecule has 1 aromatic rings. The number of hydrogen-bond acceptors (Lipinski definition) is 5. The van der Waals surface area contributed by atoms with Gasteiger partial charge in [0.1, 0.15) is 11.1 Å². The normalized spacial score (nSPS) is 21.4. The molecule has 1 fully saturated rings. The van der Waals surface area contributed by atoms with Crippen LogP contribution in [-0.2, 0) is 14.8 Å². The van der Waals surface area contributed by atoms with Crippen LogP contribution in [0.1, 0.15) is 25.7 Å². The molecule has 0 spiro atoms. The van der Waals surface area contributed by atoms with E-state index < -0.39 is 16.2 Å². The molecule has 0 N–H and O–H groups in total. The van der Waals surface area contributed by atoms with Crippen molar-refractivity contribution in [3.05, 3.63) is 24.5 Å². The molecule has 1 atom stereocenters. The van der Waals surface area contributed by atoms with Gasteiger partial charge in [0, 0.05) is 18.9 Å². The molecule has 0 saturated carbocycles. The van der Waals surface area contributed by atoms with Crippen molar-refractivity contribution in [2.75, 3.05) is 6.54 Å². The number of rotatable bonds is 3. The SMILES string of the molecule is O=C=NC1CCCCCN1S(=O)(=O)c1cccnc1. The monoisotopic (exact) mass is 281 g/mol. The zero-order valence-corrected chi connectivity index (χ0v) is 11.2. The van der Waals surface area contributed by atoms with Gasteiger partial charge in [0.25, 0.3) is 0 Å². The smallest absolute Gasteiger partial charge is 0.246 e. The van der Waals surface area contributed by atoms with Gasteiger partial charge in [0.15, 0.2) is 0 Å². The lowest BCUT2D eigenvalue weighted by Crippen LogP contribution is -2.38. The number of isocyanates is 1. The molecule has 2 rings (SSSR count). The van der Waals surface area contributed by atoms with E-state index in [1.807, 2.05) is 0 Å². The van der Waals surface area contributed by atoms with Crippen LogP contribution >= 0.6 is 0 Å². The summed E-state index contributed by atoms with van der Waals surface area (Å²) in [5, 5.41) is 0. The van der Waals surface area contributed by atoms with E-state index in [0.717, 1.165) is 19.3 Å². The first kappa shape index (κ1) is 13.9. The number of pyridine rings is 1. The Bertz CT molecular complexity index is 567. The summed E-state index contributed by atoms with van der Waals surface area (Å²) < 4.78 is 26.3. The topological polar surface area (TPSA) is 79.7 Å². The highest BCUT2D eigenvalue weighted by molar-refractivity contribution is 7.89. The van der Waals surface area contributed by atoms with Crippen molar-refractivity contribution in [2.45, 2.75) is 36.7 Å². The number of nitrogens with zero attached hydrogens (tertiary/aromatic N) is 3. The quantitative estimate of drug-likeness (QED) is 0.618. The first-order valence-electron chi connectivity index (χ1n) is 6.15. The van der Waals surface area contributed by atoms with E-state index in [0.29, 0.717) is 13.0 Å². The summed E-state index contributed by atoms with van der Waals surface area (Å²) in [5.41, 5.74) is 0. The maximum Gasteiger partial charge on any atom is 0.246 e. The molecule has 102 valence electrons. The zero-order valence-electron chi connectivity index (χ0n) is 10.4. The van der Waals surface area contributed by atoms with Crippen molar-refractivity contribution in [1.29, 1.82) is 0 Å². The summed E-state index contributed by atoms with van der Waals surface area (Å²) >= 11 is 0. The number of carbonyl (C=O) groups excluding carboxylic acids is 1. The summed E-state index contributed by atoms with van der Waals surface area (Å²) in [6, 6.07) is 3.07. The van der Waals surface area contributed by atoms with Crippen LogP contribution in [0.15, 0.2) is 34.4 Å². The Morgan fingerprint density at radius 1 is 1.37 bits per heavy atom. The minimum atomic E-state index is -3.66. The first-order chi connectivity index (χ1) is 9.16. The molecule has 0 bridgehead atoms. The molecule has 0 radical (unpaired) electrons. The van der Waals surface area contributed by atoms with E-state index in [2.05, 4.69) is 9.98 Å². The van der Waals surface area contributed by atoms with Gasteiger partial charge in [-0.2, -0.15) is 9.30 Å². The highest BCUT2D eigenvalue weighted by Gasteiger charge is 2.32. The summed E-state index contributed by atoms with van der Waals surface area (Å²) in [6.07, 6.45) is 6.76. The van der Waals surface area contributed by atoms with Gasteiger partial charge in [-0.3, -0.25) is 4.98 Å². The fourth-order valence-corrected chi connectivity index (χ4v) is 3.73. The lowest BCUT2D eigenvalue weighted by Gasteiger charge is -2.24. The standard InChI is InChI=1S/C12H15N3O3S/c16-10-14-12-6-2-1-3-8-15(12)19(17,18)11-5-4-7-13-9-11/h4-5,7,9,12H,1-3,6,8H2. The molecule has 1 unspecified atom stereocenters. The second kappa shape index (κ2) is 6.06. The van der Waals surface area contributed by atoms with Crippen molar-refractivity contribution < 1.29 is 13.2 Å². The molecule has 2 heterocycles. The second-order valence-corrected chi connectivity index (χ2v) is 6.25. The maximum absolute atomic E-state index is 12.5. The Morgan fingerprint density at radius 2 is 2.21 bits per heavy atom. The van der Waals surface area contributed by atoms with Crippen LogP contribution in [-0.4, -0.2) is 36.5 Å². The minimum absolute atomic E-state index is 0.128. The van der Waals surface area contributed by atoms with Gasteiger partial charge < -0.3 is 0 Å². The molecule has 1 saturated heterocycles. The van der Waals surface area contributed by atoms with Crippen molar-refractivity contribution in [2.24, 2.45) is 4.99 Å². The molecule has 0 amide bonds. The Kier molecular flexibility index (Phi) is 4.42. The summed E-state index contributed by atoms with van der Waals surface area (Å²) in [5.74, 6) is 0. The van der Waals surface area contributed by atoms with E-state index >= 15 is 0 Å². The van der Waals surface area contributed by atoms with E-state index in [1.54, 1.807) is 6.07 Å². The van der Waals surface area contributed by atoms with Crippen molar-refractivity contribution in [3.63, 3.8) is 0 Å². The van der Waals surface area contributed by atoms with Crippen LogP contribution < -0.4 is 0 Å². The van der Waals surface area contributed by atoms with Crippen molar-refractivity contribution in [3.8, 4) is 0 Å². The van der Waals surface area contributed by atoms with Gasteiger partial charge in [-0.1, -0.05) is 6.42 Å². The number of aliphatic imine (C=N–C) groups is 1. The minimum Gasteiger partial charge on any atom is -0.263 e. The van der Waals surface area contributed by atoms with Crippen LogP contribution in [0.3, 0.4) is 0 Å². The van der Waals surface area contributed by atoms with Crippen LogP contribution in [0.4, 0.5) is 0 Å². The van der Waals surface area contributed by atoms with Crippen LogP contribution in [0.5, 0.6) is 0 Å². The molecule has 1 aliphatic heterocycles. The molecule has 6 nitrogen and oxygen atoms in total. The highest BCUT2D eigenvalue weighted by Crippen LogP contribution is 2.24. The van der Waals surface area contributed by atoms with Gasteiger partial charge in [0.2, 0.25) is 16.1 Å². The van der Waals surface area contributed by atoms with Gasteiger partial charge >= 0.3 is 0 Å². The van der Waals surface area contributed by atoms with Gasteiger partial charge in [0.05, 0.1) is 0 Å². The number of sulfonamides is 1. The summed E-state index contributed by atoms with van der Waals surface area (Å²) in [4.78, 5) is 18.1. The maximum atomic E-state index is 12.5. The molecular formula is C12H15N3O3S. The number of hydrogen-bond donors (Lipinski definition) is 0. The fourth-order valence-electron chi connectivity index (χ4n) is 2.17. The van der Waals surface area contributed by atoms with E-state index in [4.69, 9.17) is 0 Å². The zero-order chi connectivity index (χ0) is 13.7. The summed E-state index contributed by atoms with van der Waals surface area (Å²) in [6.45, 7) is 0.368. The largest absolute Gasteiger partial charge is 0.263 e. The predicted octanol–water partition coefficient (Wildman–Crippen LogP) is 1.31. The third-order valence-electron chi connectivity index (χ3n) is 3.12. The first-order valence-corrected chi connectivity index (χ1v) is 7.59. The van der Waals surface area contributed by atoms with E-state index in [1.165, 1.54) is 28.8 Å². The second-order valence-electron chi connectivity index (χ2n) is 4.35. The Hall–Kier alpha value is -1.56. The lowest BCUT2D eigenvalue weighted by atomic mass is 10.2. The Morgan fingerprint density at radius 3 is 2.89 bits per heavy atom. The van der Waals surface area contributed by atoms with Gasteiger partial charge in [-0.15, -0.1) is 0 Å². The number of aromatic nitrogens is 1. The van der Waals surface area contributed by atoms with Crippen LogP contribution in [0.2, 0.25) is 0 Å². The molecule has 1 aromatic heterocycles. The Labute approximate surface area is 112 Å². The fraction of sp³-hybridized carbons (Fsp3) is 0.500. The molecule has 0 aromatic carbocycles. The Balaban J connectivity index is 2.38. The van der Waals surface area contributed by atoms with Gasteiger partial charge in [-0.05, 0) is 31.4 Å². The van der Waals surface area contributed by atoms with Crippen molar-refractivity contribution in [1.82, 2.24) is 9.29 Å². The van der Waals surface area contributed by atoms with Gasteiger partial charge in [-0.25, -0.2) is 13.2 Å². The molecular weight excluding hydrogens is 266 g/mol.